The van der Waals surface area contributed by atoms with Gasteiger partial charge < -0.3 is 9.72 Å². The third-order valence-electron chi connectivity index (χ3n) is 5.82. The van der Waals surface area contributed by atoms with E-state index < -0.39 is 5.60 Å². The third-order valence-corrected chi connectivity index (χ3v) is 6.25. The lowest BCUT2D eigenvalue weighted by atomic mass is 10.0. The smallest absolute Gasteiger partial charge is 0.410 e. The van der Waals surface area contributed by atoms with Gasteiger partial charge in [0.2, 0.25) is 0 Å². The van der Waals surface area contributed by atoms with Crippen molar-refractivity contribution in [3.8, 4) is 22.4 Å². The lowest BCUT2D eigenvalue weighted by Gasteiger charge is -2.27. The highest BCUT2D eigenvalue weighted by molar-refractivity contribution is 9.10. The number of carbonyl (C=O) groups excluding carboxylic acids is 1. The van der Waals surface area contributed by atoms with Crippen LogP contribution < -0.4 is 0 Å². The molecule has 8 heteroatoms. The number of fused-ring (bicyclic) bond motifs is 1. The van der Waals surface area contributed by atoms with Crippen LogP contribution in [0.1, 0.15) is 45.5 Å². The predicted octanol–water partition coefficient (Wildman–Crippen LogP) is 6.52. The zero-order valence-corrected chi connectivity index (χ0v) is 21.0. The molecule has 4 aromatic rings. The summed E-state index contributed by atoms with van der Waals surface area (Å²) in [5, 5.41) is 0. The first-order valence-electron chi connectivity index (χ1n) is 11.3. The number of likely N-dealkylation sites (tertiary alicyclic amines) is 1. The molecule has 0 aliphatic carbocycles. The van der Waals surface area contributed by atoms with Crippen molar-refractivity contribution in [1.29, 1.82) is 0 Å². The van der Waals surface area contributed by atoms with Crippen LogP contribution in [0.3, 0.4) is 0 Å². The molecule has 0 spiro atoms. The van der Waals surface area contributed by atoms with Gasteiger partial charge >= 0.3 is 6.09 Å². The van der Waals surface area contributed by atoms with Crippen LogP contribution in [0.4, 0.5) is 4.79 Å². The average Bonchev–Trinajstić information content (AvgIpc) is 3.47. The van der Waals surface area contributed by atoms with Crippen LogP contribution in [0.15, 0.2) is 59.5 Å². The molecule has 174 valence electrons. The Morgan fingerprint density at radius 2 is 1.71 bits per heavy atom. The summed E-state index contributed by atoms with van der Waals surface area (Å²) < 4.78 is 6.50. The molecule has 1 saturated heterocycles. The summed E-state index contributed by atoms with van der Waals surface area (Å²) in [5.41, 5.74) is 5.21. The van der Waals surface area contributed by atoms with Gasteiger partial charge in [0, 0.05) is 29.0 Å². The van der Waals surface area contributed by atoms with Gasteiger partial charge in [-0.05, 0) is 72.8 Å². The number of benzene rings is 1. The van der Waals surface area contributed by atoms with Crippen molar-refractivity contribution in [3.05, 3.63) is 65.3 Å². The molecule has 1 aliphatic heterocycles. The van der Waals surface area contributed by atoms with E-state index in [9.17, 15) is 4.79 Å². The minimum Gasteiger partial charge on any atom is -0.444 e. The maximum atomic E-state index is 12.6. The van der Waals surface area contributed by atoms with Gasteiger partial charge in [-0.1, -0.05) is 24.3 Å². The van der Waals surface area contributed by atoms with E-state index in [0.29, 0.717) is 6.54 Å². The van der Waals surface area contributed by atoms with E-state index in [1.54, 1.807) is 11.1 Å². The molecule has 7 nitrogen and oxygen atoms in total. The highest BCUT2D eigenvalue weighted by Crippen LogP contribution is 2.33. The van der Waals surface area contributed by atoms with Crippen molar-refractivity contribution in [3.63, 3.8) is 0 Å². The number of carbonyl (C=O) groups is 1. The van der Waals surface area contributed by atoms with Gasteiger partial charge in [0.1, 0.15) is 11.4 Å². The molecule has 34 heavy (non-hydrogen) atoms. The van der Waals surface area contributed by atoms with E-state index in [-0.39, 0.29) is 12.1 Å². The first-order chi connectivity index (χ1) is 16.3. The van der Waals surface area contributed by atoms with Crippen molar-refractivity contribution in [1.82, 2.24) is 24.8 Å². The number of pyridine rings is 2. The number of nitrogens with zero attached hydrogens (tertiary/aromatic N) is 4. The van der Waals surface area contributed by atoms with Crippen LogP contribution in [0, 0.1) is 0 Å². The van der Waals surface area contributed by atoms with Crippen molar-refractivity contribution in [2.24, 2.45) is 0 Å². The molecule has 1 N–H and O–H groups in total. The largest absolute Gasteiger partial charge is 0.444 e. The Labute approximate surface area is 206 Å². The van der Waals surface area contributed by atoms with E-state index >= 15 is 0 Å². The van der Waals surface area contributed by atoms with Gasteiger partial charge in [-0.25, -0.2) is 9.78 Å². The number of amides is 1. The first kappa shape index (κ1) is 22.5. The Morgan fingerprint density at radius 3 is 2.47 bits per heavy atom. The number of imidazole rings is 1. The van der Waals surface area contributed by atoms with Crippen LogP contribution in [0.2, 0.25) is 0 Å². The Bertz CT molecular complexity index is 1340. The molecule has 1 atom stereocenters. The molecule has 0 bridgehead atoms. The molecule has 5 rings (SSSR count). The van der Waals surface area contributed by atoms with Crippen molar-refractivity contribution < 1.29 is 9.53 Å². The number of halogens is 1. The van der Waals surface area contributed by atoms with Crippen LogP contribution in [-0.4, -0.2) is 43.1 Å². The molecule has 0 unspecified atom stereocenters. The molecule has 0 saturated carbocycles. The molecule has 3 aromatic heterocycles. The Hall–Kier alpha value is -3.26. The topological polar surface area (TPSA) is 84.0 Å². The van der Waals surface area contributed by atoms with Crippen LogP contribution in [-0.2, 0) is 4.74 Å². The van der Waals surface area contributed by atoms with Crippen molar-refractivity contribution in [2.45, 2.75) is 45.3 Å². The lowest BCUT2D eigenvalue weighted by molar-refractivity contribution is 0.0218. The maximum Gasteiger partial charge on any atom is 0.410 e. The molecule has 1 aliphatic rings. The molecular formula is C26H26BrN5O2. The normalized spacial score (nSPS) is 16.2. The minimum atomic E-state index is -0.520. The predicted molar refractivity (Wildman–Crippen MR) is 135 cm³/mol. The number of aromatic nitrogens is 4. The number of nitrogens with one attached hydrogen (secondary N) is 1. The second kappa shape index (κ2) is 8.83. The number of aromatic amines is 1. The SMILES string of the molecule is CC(C)(C)OC(=O)N1CCC[C@H]1c1ncc(-c2ccc(-c3cnc4cc(Br)cnc4c3)cc2)[nH]1. The second-order valence-corrected chi connectivity index (χ2v) is 10.4. The standard InChI is InChI=1S/C26H26BrN5O2/c1-26(2,3)34-25(33)32-10-4-5-23(32)24-30-15-22(31-24)17-8-6-16(7-9-17)18-11-20-21(28-13-18)12-19(27)14-29-20/h6-9,11-15,23H,4-5,10H2,1-3H3,(H,30,31)/t23-/m0/s1. The summed E-state index contributed by atoms with van der Waals surface area (Å²) in [4.78, 5) is 31.4. The summed E-state index contributed by atoms with van der Waals surface area (Å²) in [5.74, 6) is 0.790. The Balaban J connectivity index is 1.34. The fourth-order valence-corrected chi connectivity index (χ4v) is 4.54. The number of rotatable bonds is 3. The van der Waals surface area contributed by atoms with E-state index in [2.05, 4.69) is 60.1 Å². The molecule has 1 aromatic carbocycles. The molecular weight excluding hydrogens is 494 g/mol. The molecule has 4 heterocycles. The maximum absolute atomic E-state index is 12.6. The summed E-state index contributed by atoms with van der Waals surface area (Å²) >= 11 is 3.43. The Morgan fingerprint density at radius 1 is 1.00 bits per heavy atom. The number of H-pyrrole nitrogens is 1. The second-order valence-electron chi connectivity index (χ2n) is 9.51. The van der Waals surface area contributed by atoms with Crippen LogP contribution in [0.5, 0.6) is 0 Å². The van der Waals surface area contributed by atoms with E-state index in [0.717, 1.165) is 56.6 Å². The first-order valence-corrected chi connectivity index (χ1v) is 12.1. The summed E-state index contributed by atoms with van der Waals surface area (Å²) in [6.45, 7) is 6.33. The van der Waals surface area contributed by atoms with Gasteiger partial charge in [-0.15, -0.1) is 0 Å². The van der Waals surface area contributed by atoms with Crippen molar-refractivity contribution in [2.75, 3.05) is 6.54 Å². The van der Waals surface area contributed by atoms with Crippen molar-refractivity contribution >= 4 is 33.1 Å². The zero-order chi connectivity index (χ0) is 23.9. The number of hydrogen-bond donors (Lipinski definition) is 1. The lowest BCUT2D eigenvalue weighted by Crippen LogP contribution is -2.36. The van der Waals surface area contributed by atoms with Gasteiger partial charge in [0.15, 0.2) is 0 Å². The summed E-state index contributed by atoms with van der Waals surface area (Å²) in [6.07, 6.45) is 6.98. The van der Waals surface area contributed by atoms with E-state index in [1.165, 1.54) is 0 Å². The highest BCUT2D eigenvalue weighted by Gasteiger charge is 2.34. The van der Waals surface area contributed by atoms with Crippen LogP contribution >= 0.6 is 15.9 Å². The molecule has 1 fully saturated rings. The van der Waals surface area contributed by atoms with Gasteiger partial charge in [-0.3, -0.25) is 14.9 Å². The number of hydrogen-bond acceptors (Lipinski definition) is 5. The van der Waals surface area contributed by atoms with E-state index in [1.807, 2.05) is 45.3 Å². The summed E-state index contributed by atoms with van der Waals surface area (Å²) in [6, 6.07) is 12.2. The quantitative estimate of drug-likeness (QED) is 0.333. The third kappa shape index (κ3) is 4.68. The molecule has 0 radical (unpaired) electrons. The van der Waals surface area contributed by atoms with Gasteiger partial charge in [0.25, 0.3) is 0 Å². The number of ether oxygens (including phenoxy) is 1. The van der Waals surface area contributed by atoms with E-state index in [4.69, 9.17) is 4.74 Å². The highest BCUT2D eigenvalue weighted by atomic mass is 79.9. The monoisotopic (exact) mass is 519 g/mol. The molecule has 1 amide bonds. The Kier molecular flexibility index (Phi) is 5.85. The fourth-order valence-electron chi connectivity index (χ4n) is 4.22. The van der Waals surface area contributed by atoms with Crippen LogP contribution in [0.25, 0.3) is 33.4 Å². The van der Waals surface area contributed by atoms with Gasteiger partial charge in [-0.2, -0.15) is 0 Å². The van der Waals surface area contributed by atoms with Gasteiger partial charge in [0.05, 0.1) is 29.0 Å². The average molecular weight is 520 g/mol. The fraction of sp³-hybridized carbons (Fsp3) is 0.308. The minimum absolute atomic E-state index is 0.0981. The summed E-state index contributed by atoms with van der Waals surface area (Å²) in [7, 11) is 0. The zero-order valence-electron chi connectivity index (χ0n) is 19.4.